The summed E-state index contributed by atoms with van der Waals surface area (Å²) in [5.41, 5.74) is 0.192. The number of nitrogens with one attached hydrogen (secondary N) is 2. The number of carbonyl (C=O) groups excluding carboxylic acids is 1. The Morgan fingerprint density at radius 1 is 1.48 bits per heavy atom. The highest BCUT2D eigenvalue weighted by Gasteiger charge is 2.22. The van der Waals surface area contributed by atoms with E-state index in [4.69, 9.17) is 9.94 Å². The van der Waals surface area contributed by atoms with E-state index in [0.717, 1.165) is 4.88 Å². The van der Waals surface area contributed by atoms with E-state index in [1.165, 1.54) is 23.6 Å². The van der Waals surface area contributed by atoms with Crippen molar-refractivity contribution in [2.45, 2.75) is 39.2 Å². The topological polar surface area (TPSA) is 130 Å². The zero-order valence-corrected chi connectivity index (χ0v) is 14.8. The maximum atomic E-state index is 12.5. The van der Waals surface area contributed by atoms with Gasteiger partial charge in [-0.25, -0.2) is 9.78 Å². The molecule has 1 unspecified atom stereocenters. The van der Waals surface area contributed by atoms with Crippen LogP contribution in [0.3, 0.4) is 0 Å². The monoisotopic (exact) mass is 365 g/mol. The first kappa shape index (κ1) is 18.6. The molecule has 0 aliphatic heterocycles. The Hall–Kier alpha value is -2.75. The van der Waals surface area contributed by atoms with Crippen molar-refractivity contribution in [3.8, 4) is 0 Å². The molecule has 0 radical (unpaired) electrons. The van der Waals surface area contributed by atoms with Crippen LogP contribution in [0.4, 0.5) is 5.13 Å². The highest BCUT2D eigenvalue weighted by Crippen LogP contribution is 2.25. The average Bonchev–Trinajstić information content (AvgIpc) is 3.22. The van der Waals surface area contributed by atoms with Gasteiger partial charge in [0.2, 0.25) is 6.10 Å². The maximum absolute atomic E-state index is 12.5. The predicted octanol–water partition coefficient (Wildman–Crippen LogP) is 2.21. The van der Waals surface area contributed by atoms with Gasteiger partial charge in [-0.1, -0.05) is 25.9 Å². The van der Waals surface area contributed by atoms with Crippen molar-refractivity contribution >= 4 is 34.1 Å². The molecule has 2 rings (SSSR count). The van der Waals surface area contributed by atoms with Gasteiger partial charge in [0.25, 0.3) is 5.91 Å². The Labute approximate surface area is 148 Å². The minimum atomic E-state index is -1.16. The number of oxime groups is 1. The number of amides is 1. The van der Waals surface area contributed by atoms with Crippen molar-refractivity contribution in [1.29, 1.82) is 0 Å². The summed E-state index contributed by atoms with van der Waals surface area (Å²) >= 11 is 1.36. The van der Waals surface area contributed by atoms with Gasteiger partial charge >= 0.3 is 5.97 Å². The highest BCUT2D eigenvalue weighted by molar-refractivity contribution is 7.15. The number of carbonyl (C=O) groups is 2. The minimum Gasteiger partial charge on any atom is -0.478 e. The van der Waals surface area contributed by atoms with Crippen molar-refractivity contribution in [3.63, 3.8) is 0 Å². The van der Waals surface area contributed by atoms with Gasteiger partial charge in [-0.05, 0) is 18.4 Å². The number of hydrogen-bond donors (Lipinski definition) is 3. The largest absolute Gasteiger partial charge is 0.478 e. The molecule has 134 valence electrons. The van der Waals surface area contributed by atoms with E-state index >= 15 is 0 Å². The summed E-state index contributed by atoms with van der Waals surface area (Å²) in [6, 6.07) is 1.53. The van der Waals surface area contributed by atoms with Gasteiger partial charge in [-0.15, -0.1) is 11.3 Å². The van der Waals surface area contributed by atoms with Crippen LogP contribution in [-0.4, -0.2) is 44.0 Å². The second kappa shape index (κ2) is 8.38. The minimum absolute atomic E-state index is 0.113. The van der Waals surface area contributed by atoms with Gasteiger partial charge in [0.05, 0.1) is 5.69 Å². The van der Waals surface area contributed by atoms with Crippen LogP contribution in [0.25, 0.3) is 0 Å². The standard InChI is InChI=1S/C15H19N5O4S/c1-4-10(14(22)23)24-20-12(9-5-6-17-19-9)13(21)18-15-16-7-11(25-15)8(2)3/h5-8,10H,4H2,1-3H3,(H,17,19)(H,22,23)(H,16,18,21)/b20-12+. The number of rotatable bonds is 8. The van der Waals surface area contributed by atoms with Crippen molar-refractivity contribution in [2.24, 2.45) is 5.16 Å². The maximum Gasteiger partial charge on any atom is 0.347 e. The number of aromatic amines is 1. The molecule has 0 bridgehead atoms. The fourth-order valence-electron chi connectivity index (χ4n) is 1.78. The van der Waals surface area contributed by atoms with Crippen LogP contribution in [0.5, 0.6) is 0 Å². The molecule has 0 saturated heterocycles. The lowest BCUT2D eigenvalue weighted by Crippen LogP contribution is -2.27. The lowest BCUT2D eigenvalue weighted by atomic mass is 10.2. The summed E-state index contributed by atoms with van der Waals surface area (Å²) in [4.78, 5) is 33.7. The molecule has 2 aromatic heterocycles. The molecule has 9 nitrogen and oxygen atoms in total. The molecule has 0 spiro atoms. The van der Waals surface area contributed by atoms with Crippen molar-refractivity contribution in [2.75, 3.05) is 5.32 Å². The molecule has 0 saturated carbocycles. The molecule has 2 aromatic rings. The van der Waals surface area contributed by atoms with Gasteiger partial charge < -0.3 is 9.94 Å². The number of carboxylic acid groups (broad SMARTS) is 1. The van der Waals surface area contributed by atoms with Crippen LogP contribution >= 0.6 is 11.3 Å². The summed E-state index contributed by atoms with van der Waals surface area (Å²) < 4.78 is 0. The molecule has 1 atom stereocenters. The van der Waals surface area contributed by atoms with Gasteiger partial charge in [-0.2, -0.15) is 5.10 Å². The number of thiazole rings is 1. The summed E-state index contributed by atoms with van der Waals surface area (Å²) in [7, 11) is 0. The average molecular weight is 365 g/mol. The second-order valence-electron chi connectivity index (χ2n) is 5.43. The van der Waals surface area contributed by atoms with E-state index in [-0.39, 0.29) is 12.1 Å². The number of H-pyrrole nitrogens is 1. The quantitative estimate of drug-likeness (QED) is 0.486. The number of carboxylic acids is 1. The molecule has 25 heavy (non-hydrogen) atoms. The summed E-state index contributed by atoms with van der Waals surface area (Å²) in [6.45, 7) is 5.70. The number of aromatic nitrogens is 3. The summed E-state index contributed by atoms with van der Waals surface area (Å²) in [5.74, 6) is -1.43. The van der Waals surface area contributed by atoms with Crippen LogP contribution in [-0.2, 0) is 14.4 Å². The SMILES string of the molecule is CCC(O/N=C(/C(=O)Nc1ncc(C(C)C)s1)c1ccn[nH]1)C(=O)O. The van der Waals surface area contributed by atoms with Crippen LogP contribution < -0.4 is 5.32 Å². The molecular weight excluding hydrogens is 346 g/mol. The smallest absolute Gasteiger partial charge is 0.347 e. The predicted molar refractivity (Wildman–Crippen MR) is 92.8 cm³/mol. The summed E-state index contributed by atoms with van der Waals surface area (Å²) in [6.07, 6.45) is 2.22. The van der Waals surface area contributed by atoms with E-state index in [1.807, 2.05) is 13.8 Å². The zero-order chi connectivity index (χ0) is 18.4. The third kappa shape index (κ3) is 4.86. The van der Waals surface area contributed by atoms with Crippen LogP contribution in [0.1, 0.15) is 43.7 Å². The van der Waals surface area contributed by atoms with Gasteiger partial charge in [-0.3, -0.25) is 15.2 Å². The van der Waals surface area contributed by atoms with E-state index in [1.54, 1.807) is 13.1 Å². The lowest BCUT2D eigenvalue weighted by Gasteiger charge is -2.09. The fourth-order valence-corrected chi connectivity index (χ4v) is 2.59. The van der Waals surface area contributed by atoms with E-state index < -0.39 is 18.0 Å². The van der Waals surface area contributed by atoms with Crippen molar-refractivity contribution in [3.05, 3.63) is 29.0 Å². The molecule has 0 aromatic carbocycles. The Morgan fingerprint density at radius 2 is 2.24 bits per heavy atom. The van der Waals surface area contributed by atoms with Crippen LogP contribution in [0.2, 0.25) is 0 Å². The van der Waals surface area contributed by atoms with E-state index in [9.17, 15) is 9.59 Å². The molecule has 0 aliphatic carbocycles. The van der Waals surface area contributed by atoms with E-state index in [0.29, 0.717) is 16.7 Å². The van der Waals surface area contributed by atoms with E-state index in [2.05, 4.69) is 25.7 Å². The third-order valence-electron chi connectivity index (χ3n) is 3.20. The first-order valence-electron chi connectivity index (χ1n) is 7.65. The molecule has 2 heterocycles. The fraction of sp³-hybridized carbons (Fsp3) is 0.400. The number of anilines is 1. The number of nitrogens with zero attached hydrogens (tertiary/aromatic N) is 3. The van der Waals surface area contributed by atoms with Gasteiger partial charge in [0.15, 0.2) is 10.8 Å². The van der Waals surface area contributed by atoms with Gasteiger partial charge in [0.1, 0.15) is 0 Å². The number of aliphatic carboxylic acids is 1. The van der Waals surface area contributed by atoms with Crippen LogP contribution in [0.15, 0.2) is 23.6 Å². The first-order chi connectivity index (χ1) is 11.9. The number of hydrogen-bond acceptors (Lipinski definition) is 7. The molecule has 3 N–H and O–H groups in total. The van der Waals surface area contributed by atoms with Gasteiger partial charge in [0, 0.05) is 17.3 Å². The Morgan fingerprint density at radius 3 is 2.76 bits per heavy atom. The molecule has 0 aliphatic rings. The van der Waals surface area contributed by atoms with Crippen molar-refractivity contribution in [1.82, 2.24) is 15.2 Å². The molecule has 0 fully saturated rings. The zero-order valence-electron chi connectivity index (χ0n) is 14.0. The highest BCUT2D eigenvalue weighted by atomic mass is 32.1. The lowest BCUT2D eigenvalue weighted by molar-refractivity contribution is -0.150. The first-order valence-corrected chi connectivity index (χ1v) is 8.47. The third-order valence-corrected chi connectivity index (χ3v) is 4.41. The normalized spacial score (nSPS) is 12.9. The Bertz CT molecular complexity index is 754. The van der Waals surface area contributed by atoms with Crippen molar-refractivity contribution < 1.29 is 19.5 Å². The molecule has 10 heteroatoms. The Kier molecular flexibility index (Phi) is 6.23. The molecule has 1 amide bonds. The van der Waals surface area contributed by atoms with Crippen LogP contribution in [0, 0.1) is 0 Å². The second-order valence-corrected chi connectivity index (χ2v) is 6.49. The Balaban J connectivity index is 2.19. The summed E-state index contributed by atoms with van der Waals surface area (Å²) in [5, 5.41) is 22.2. The molecular formula is C15H19N5O4S.